The van der Waals surface area contributed by atoms with E-state index in [1.807, 2.05) is 45.0 Å². The van der Waals surface area contributed by atoms with Gasteiger partial charge in [0.15, 0.2) is 0 Å². The quantitative estimate of drug-likeness (QED) is 0.855. The lowest BCUT2D eigenvalue weighted by atomic mass is 9.96. The summed E-state index contributed by atoms with van der Waals surface area (Å²) in [6.07, 6.45) is 1.65. The van der Waals surface area contributed by atoms with Gasteiger partial charge in [-0.3, -0.25) is 4.79 Å². The molecule has 2 rings (SSSR count). The van der Waals surface area contributed by atoms with E-state index in [0.29, 0.717) is 12.5 Å². The van der Waals surface area contributed by atoms with E-state index >= 15 is 0 Å². The Hall–Kier alpha value is -2.24. The summed E-state index contributed by atoms with van der Waals surface area (Å²) >= 11 is 0. The van der Waals surface area contributed by atoms with Gasteiger partial charge in [-0.2, -0.15) is 0 Å². The number of hydrogen-bond acceptors (Lipinski definition) is 4. The third-order valence-electron chi connectivity index (χ3n) is 4.18. The van der Waals surface area contributed by atoms with Crippen molar-refractivity contribution in [3.63, 3.8) is 0 Å². The first-order valence-corrected chi connectivity index (χ1v) is 8.75. The van der Waals surface area contributed by atoms with Crippen LogP contribution in [0.15, 0.2) is 24.3 Å². The minimum atomic E-state index is -0.816. The minimum Gasteiger partial charge on any atom is -0.481 e. The standard InChI is InChI=1S/C19H28N2O4/c1-19(2,3)25-18(24)20-13-14-7-9-21(10-8-14)16-6-4-5-15(11-16)12-17(22)23/h4-6,11,14H,7-10,12-13H2,1-3H3,(H,20,24)(H,22,23). The Morgan fingerprint density at radius 2 is 1.96 bits per heavy atom. The largest absolute Gasteiger partial charge is 0.481 e. The van der Waals surface area contributed by atoms with Crippen LogP contribution in [0.5, 0.6) is 0 Å². The topological polar surface area (TPSA) is 78.9 Å². The zero-order chi connectivity index (χ0) is 18.4. The van der Waals surface area contributed by atoms with Crippen LogP contribution in [0.1, 0.15) is 39.2 Å². The number of rotatable bonds is 5. The fourth-order valence-electron chi connectivity index (χ4n) is 2.97. The minimum absolute atomic E-state index is 0.0457. The van der Waals surface area contributed by atoms with E-state index in [1.54, 1.807) is 0 Å². The Balaban J connectivity index is 1.80. The third-order valence-corrected chi connectivity index (χ3v) is 4.18. The Morgan fingerprint density at radius 1 is 1.28 bits per heavy atom. The van der Waals surface area contributed by atoms with Crippen LogP contribution in [-0.2, 0) is 16.0 Å². The molecule has 25 heavy (non-hydrogen) atoms. The lowest BCUT2D eigenvalue weighted by Gasteiger charge is -2.34. The first-order chi connectivity index (χ1) is 11.7. The predicted molar refractivity (Wildman–Crippen MR) is 97.0 cm³/mol. The summed E-state index contributed by atoms with van der Waals surface area (Å²) in [6, 6.07) is 7.72. The lowest BCUT2D eigenvalue weighted by molar-refractivity contribution is -0.136. The van der Waals surface area contributed by atoms with E-state index in [9.17, 15) is 9.59 Å². The first kappa shape index (κ1) is 19.1. The molecule has 2 N–H and O–H groups in total. The molecule has 1 aliphatic heterocycles. The summed E-state index contributed by atoms with van der Waals surface area (Å²) in [6.45, 7) is 7.98. The van der Waals surface area contributed by atoms with Gasteiger partial charge in [0, 0.05) is 25.3 Å². The zero-order valence-electron chi connectivity index (χ0n) is 15.2. The van der Waals surface area contributed by atoms with Crippen LogP contribution in [0, 0.1) is 5.92 Å². The van der Waals surface area contributed by atoms with Gasteiger partial charge in [-0.1, -0.05) is 12.1 Å². The average molecular weight is 348 g/mol. The third kappa shape index (κ3) is 6.64. The normalized spacial score (nSPS) is 15.7. The number of carbonyl (C=O) groups excluding carboxylic acids is 1. The molecule has 0 radical (unpaired) electrons. The zero-order valence-corrected chi connectivity index (χ0v) is 15.2. The maximum Gasteiger partial charge on any atom is 0.407 e. The van der Waals surface area contributed by atoms with Gasteiger partial charge in [0.05, 0.1) is 6.42 Å². The molecule has 6 nitrogen and oxygen atoms in total. The second-order valence-corrected chi connectivity index (χ2v) is 7.55. The van der Waals surface area contributed by atoms with Crippen LogP contribution < -0.4 is 10.2 Å². The van der Waals surface area contributed by atoms with Crippen molar-refractivity contribution >= 4 is 17.7 Å². The molecule has 1 aliphatic rings. The summed E-state index contributed by atoms with van der Waals surface area (Å²) < 4.78 is 5.26. The second-order valence-electron chi connectivity index (χ2n) is 7.55. The van der Waals surface area contributed by atoms with Gasteiger partial charge in [0.1, 0.15) is 5.60 Å². The Morgan fingerprint density at radius 3 is 2.56 bits per heavy atom. The lowest BCUT2D eigenvalue weighted by Crippen LogP contribution is -2.40. The van der Waals surface area contributed by atoms with E-state index in [-0.39, 0.29) is 12.5 Å². The summed E-state index contributed by atoms with van der Waals surface area (Å²) in [5, 5.41) is 11.8. The SMILES string of the molecule is CC(C)(C)OC(=O)NCC1CCN(c2cccc(CC(=O)O)c2)CC1. The van der Waals surface area contributed by atoms with Crippen molar-refractivity contribution in [1.82, 2.24) is 5.32 Å². The summed E-state index contributed by atoms with van der Waals surface area (Å²) in [5.41, 5.74) is 1.41. The Bertz CT molecular complexity index is 602. The van der Waals surface area contributed by atoms with Crippen LogP contribution >= 0.6 is 0 Å². The number of hydrogen-bond donors (Lipinski definition) is 2. The van der Waals surface area contributed by atoms with Gasteiger partial charge in [0.2, 0.25) is 0 Å². The Kier molecular flexibility index (Phi) is 6.28. The van der Waals surface area contributed by atoms with Crippen molar-refractivity contribution in [1.29, 1.82) is 0 Å². The maximum absolute atomic E-state index is 11.7. The number of alkyl carbamates (subject to hydrolysis) is 1. The number of carboxylic acids is 1. The van der Waals surface area contributed by atoms with Gasteiger partial charge in [-0.05, 0) is 57.2 Å². The highest BCUT2D eigenvalue weighted by atomic mass is 16.6. The van der Waals surface area contributed by atoms with Gasteiger partial charge >= 0.3 is 12.1 Å². The van der Waals surface area contributed by atoms with Crippen LogP contribution in [-0.4, -0.2) is 42.4 Å². The molecule has 1 fully saturated rings. The van der Waals surface area contributed by atoms with Gasteiger partial charge in [-0.25, -0.2) is 4.79 Å². The van der Waals surface area contributed by atoms with Crippen LogP contribution in [0.25, 0.3) is 0 Å². The van der Waals surface area contributed by atoms with Crippen LogP contribution in [0.3, 0.4) is 0 Å². The highest BCUT2D eigenvalue weighted by Crippen LogP contribution is 2.24. The monoisotopic (exact) mass is 348 g/mol. The molecule has 0 atom stereocenters. The van der Waals surface area contributed by atoms with Gasteiger partial charge < -0.3 is 20.1 Å². The number of carboxylic acid groups (broad SMARTS) is 1. The van der Waals surface area contributed by atoms with Crippen molar-refractivity contribution in [2.24, 2.45) is 5.92 Å². The molecule has 138 valence electrons. The number of amides is 1. The van der Waals surface area contributed by atoms with Crippen molar-refractivity contribution < 1.29 is 19.4 Å². The number of aliphatic carboxylic acids is 1. The summed E-state index contributed by atoms with van der Waals surface area (Å²) in [4.78, 5) is 24.8. The van der Waals surface area contributed by atoms with Gasteiger partial charge in [0.25, 0.3) is 0 Å². The number of piperidine rings is 1. The smallest absolute Gasteiger partial charge is 0.407 e. The molecule has 1 heterocycles. The number of carbonyl (C=O) groups is 2. The number of benzene rings is 1. The molecule has 0 aromatic heterocycles. The molecule has 1 saturated heterocycles. The number of nitrogens with one attached hydrogen (secondary N) is 1. The molecule has 0 saturated carbocycles. The molecule has 1 aromatic rings. The average Bonchev–Trinajstić information content (AvgIpc) is 2.51. The number of nitrogens with zero attached hydrogens (tertiary/aromatic N) is 1. The molecule has 1 aromatic carbocycles. The number of ether oxygens (including phenoxy) is 1. The summed E-state index contributed by atoms with van der Waals surface area (Å²) in [7, 11) is 0. The Labute approximate surface area is 149 Å². The molecule has 6 heteroatoms. The van der Waals surface area contributed by atoms with Crippen molar-refractivity contribution in [3.05, 3.63) is 29.8 Å². The highest BCUT2D eigenvalue weighted by Gasteiger charge is 2.22. The second kappa shape index (κ2) is 8.23. The molecule has 0 bridgehead atoms. The molecule has 1 amide bonds. The van der Waals surface area contributed by atoms with Crippen molar-refractivity contribution in [3.8, 4) is 0 Å². The highest BCUT2D eigenvalue weighted by molar-refractivity contribution is 5.71. The maximum atomic E-state index is 11.7. The molecule has 0 aliphatic carbocycles. The fourth-order valence-corrected chi connectivity index (χ4v) is 2.97. The van der Waals surface area contributed by atoms with Gasteiger partial charge in [-0.15, -0.1) is 0 Å². The number of anilines is 1. The van der Waals surface area contributed by atoms with E-state index in [0.717, 1.165) is 37.2 Å². The van der Waals surface area contributed by atoms with E-state index in [4.69, 9.17) is 9.84 Å². The molecule has 0 spiro atoms. The fraction of sp³-hybridized carbons (Fsp3) is 0.579. The van der Waals surface area contributed by atoms with E-state index in [1.165, 1.54) is 0 Å². The van der Waals surface area contributed by atoms with E-state index < -0.39 is 11.6 Å². The van der Waals surface area contributed by atoms with Crippen LogP contribution in [0.2, 0.25) is 0 Å². The van der Waals surface area contributed by atoms with E-state index in [2.05, 4.69) is 10.2 Å². The van der Waals surface area contributed by atoms with Crippen molar-refractivity contribution in [2.75, 3.05) is 24.5 Å². The summed E-state index contributed by atoms with van der Waals surface area (Å²) in [5.74, 6) is -0.380. The molecular formula is C19H28N2O4. The predicted octanol–water partition coefficient (Wildman–Crippen LogP) is 3.05. The molecule has 0 unspecified atom stereocenters. The molecular weight excluding hydrogens is 320 g/mol. The first-order valence-electron chi connectivity index (χ1n) is 8.75. The van der Waals surface area contributed by atoms with Crippen LogP contribution in [0.4, 0.5) is 10.5 Å². The van der Waals surface area contributed by atoms with Crippen molar-refractivity contribution in [2.45, 2.75) is 45.6 Å².